The van der Waals surface area contributed by atoms with Crippen LogP contribution in [-0.4, -0.2) is 45.2 Å². The first-order valence-corrected chi connectivity index (χ1v) is 15.0. The zero-order valence-corrected chi connectivity index (χ0v) is 24.3. The van der Waals surface area contributed by atoms with E-state index in [0.717, 1.165) is 42.6 Å². The highest BCUT2D eigenvalue weighted by atomic mass is 32.2. The van der Waals surface area contributed by atoms with Crippen molar-refractivity contribution in [1.82, 2.24) is 9.62 Å². The number of rotatable bonds is 9. The van der Waals surface area contributed by atoms with Crippen molar-refractivity contribution in [3.63, 3.8) is 0 Å². The predicted octanol–water partition coefficient (Wildman–Crippen LogP) is 6.17. The quantitative estimate of drug-likeness (QED) is 0.330. The number of likely N-dealkylation sites (tertiary alicyclic amines) is 1. The summed E-state index contributed by atoms with van der Waals surface area (Å²) in [6.07, 6.45) is 1.73. The number of hydrogen-bond donors (Lipinski definition) is 2. The third-order valence-electron chi connectivity index (χ3n) is 7.25. The smallest absolute Gasteiger partial charge is 0.240 e. The molecule has 210 valence electrons. The predicted molar refractivity (Wildman–Crippen MR) is 154 cm³/mol. The topological polar surface area (TPSA) is 88.1 Å². The average molecular weight is 553 g/mol. The van der Waals surface area contributed by atoms with Gasteiger partial charge in [-0.2, -0.15) is 0 Å². The summed E-state index contributed by atoms with van der Waals surface area (Å²) in [6, 6.07) is 18.6. The van der Waals surface area contributed by atoms with Crippen molar-refractivity contribution in [2.75, 3.05) is 26.7 Å². The Morgan fingerprint density at radius 2 is 1.67 bits per heavy atom. The molecule has 1 aliphatic rings. The second kappa shape index (κ2) is 12.0. The fourth-order valence-corrected chi connectivity index (χ4v) is 6.39. The fraction of sp³-hybridized carbons (Fsp3) is 0.419. The maximum atomic E-state index is 13.0. The number of phenolic OH excluding ortho intramolecular Hbond substituents is 1. The Balaban J connectivity index is 1.49. The van der Waals surface area contributed by atoms with Crippen molar-refractivity contribution in [3.8, 4) is 23.0 Å². The summed E-state index contributed by atoms with van der Waals surface area (Å²) in [7, 11) is -1.98. The Morgan fingerprint density at radius 3 is 2.31 bits per heavy atom. The molecule has 0 atom stereocenters. The summed E-state index contributed by atoms with van der Waals surface area (Å²) in [4.78, 5) is 2.76. The highest BCUT2D eigenvalue weighted by molar-refractivity contribution is 7.89. The highest BCUT2D eigenvalue weighted by Gasteiger charge is 2.29. The molecule has 2 N–H and O–H groups in total. The molecule has 1 fully saturated rings. The number of piperidine rings is 1. The fourth-order valence-electron chi connectivity index (χ4n) is 5.07. The molecule has 0 aliphatic carbocycles. The van der Waals surface area contributed by atoms with E-state index in [1.165, 1.54) is 0 Å². The van der Waals surface area contributed by atoms with E-state index in [2.05, 4.69) is 36.5 Å². The summed E-state index contributed by atoms with van der Waals surface area (Å²) in [6.45, 7) is 11.0. The van der Waals surface area contributed by atoms with Crippen molar-refractivity contribution < 1.29 is 23.0 Å². The molecule has 0 saturated carbocycles. The normalized spacial score (nSPS) is 15.3. The minimum atomic E-state index is -3.56. The molecule has 1 heterocycles. The van der Waals surface area contributed by atoms with Gasteiger partial charge in [-0.05, 0) is 84.3 Å². The molecule has 0 radical (unpaired) electrons. The molecule has 1 saturated heterocycles. The van der Waals surface area contributed by atoms with Crippen LogP contribution in [0.2, 0.25) is 0 Å². The Hall–Kier alpha value is -3.07. The van der Waals surface area contributed by atoms with Gasteiger partial charge in [0.25, 0.3) is 0 Å². The molecule has 0 spiro atoms. The maximum Gasteiger partial charge on any atom is 0.240 e. The van der Waals surface area contributed by atoms with Crippen LogP contribution < -0.4 is 14.2 Å². The van der Waals surface area contributed by atoms with Crippen LogP contribution in [0.5, 0.6) is 23.0 Å². The van der Waals surface area contributed by atoms with Gasteiger partial charge in [-0.1, -0.05) is 58.0 Å². The summed E-state index contributed by atoms with van der Waals surface area (Å²) in [5.74, 6) is 1.74. The lowest BCUT2D eigenvalue weighted by Crippen LogP contribution is -2.33. The standard InChI is InChI=1S/C31H40N2O5S/c1-6-32-39(35,36)30-14-12-24(31(2,3)4)20-25(30)23-15-17-33(18-16-23)21-22-11-13-26(34)29(19-22)38-28-10-8-7-9-27(28)37-5/h7-14,19-20,23,32,34H,6,15-18,21H2,1-5H3. The van der Waals surface area contributed by atoms with E-state index >= 15 is 0 Å². The van der Waals surface area contributed by atoms with Gasteiger partial charge in [0.1, 0.15) is 0 Å². The highest BCUT2D eigenvalue weighted by Crippen LogP contribution is 2.38. The monoisotopic (exact) mass is 552 g/mol. The van der Waals surface area contributed by atoms with Gasteiger partial charge in [0, 0.05) is 13.1 Å². The number of para-hydroxylation sites is 2. The molecule has 0 unspecified atom stereocenters. The summed E-state index contributed by atoms with van der Waals surface area (Å²) < 4.78 is 40.1. The lowest BCUT2D eigenvalue weighted by Gasteiger charge is -2.33. The first kappa shape index (κ1) is 28.9. The number of nitrogens with zero attached hydrogens (tertiary/aromatic N) is 1. The molecular formula is C31H40N2O5S. The first-order chi connectivity index (χ1) is 18.5. The number of benzene rings is 3. The van der Waals surface area contributed by atoms with Gasteiger partial charge in [-0.25, -0.2) is 13.1 Å². The Bertz CT molecular complexity index is 1390. The molecule has 0 bridgehead atoms. The SMILES string of the molecule is CCNS(=O)(=O)c1ccc(C(C)(C)C)cc1C1CCN(Cc2ccc(O)c(Oc3ccccc3OC)c2)CC1. The third-order valence-corrected chi connectivity index (χ3v) is 8.87. The molecule has 0 aromatic heterocycles. The van der Waals surface area contributed by atoms with Gasteiger partial charge >= 0.3 is 0 Å². The molecule has 0 amide bonds. The summed E-state index contributed by atoms with van der Waals surface area (Å²) in [5.41, 5.74) is 3.02. The van der Waals surface area contributed by atoms with Crippen LogP contribution >= 0.6 is 0 Å². The molecule has 8 heteroatoms. The molecular weight excluding hydrogens is 512 g/mol. The molecule has 3 aromatic carbocycles. The Labute approximate surface area is 232 Å². The second-order valence-electron chi connectivity index (χ2n) is 11.1. The van der Waals surface area contributed by atoms with Gasteiger partial charge in [-0.3, -0.25) is 4.90 Å². The molecule has 1 aliphatic heterocycles. The Morgan fingerprint density at radius 1 is 0.974 bits per heavy atom. The molecule has 4 rings (SSSR count). The van der Waals surface area contributed by atoms with E-state index in [4.69, 9.17) is 9.47 Å². The zero-order valence-electron chi connectivity index (χ0n) is 23.5. The minimum absolute atomic E-state index is 0.0662. The Kier molecular flexibility index (Phi) is 8.89. The zero-order chi connectivity index (χ0) is 28.2. The van der Waals surface area contributed by atoms with Gasteiger partial charge < -0.3 is 14.6 Å². The van der Waals surface area contributed by atoms with Crippen molar-refractivity contribution in [3.05, 3.63) is 77.4 Å². The minimum Gasteiger partial charge on any atom is -0.504 e. The van der Waals surface area contributed by atoms with Gasteiger partial charge in [-0.15, -0.1) is 0 Å². The van der Waals surface area contributed by atoms with Crippen molar-refractivity contribution in [1.29, 1.82) is 0 Å². The van der Waals surface area contributed by atoms with E-state index in [1.54, 1.807) is 32.2 Å². The van der Waals surface area contributed by atoms with Crippen LogP contribution in [0.1, 0.15) is 63.1 Å². The van der Waals surface area contributed by atoms with E-state index in [9.17, 15) is 13.5 Å². The molecule has 7 nitrogen and oxygen atoms in total. The van der Waals surface area contributed by atoms with Crippen LogP contribution in [0.25, 0.3) is 0 Å². The number of phenols is 1. The van der Waals surface area contributed by atoms with Gasteiger partial charge in [0.05, 0.1) is 12.0 Å². The van der Waals surface area contributed by atoms with Crippen LogP contribution in [-0.2, 0) is 22.0 Å². The van der Waals surface area contributed by atoms with Crippen LogP contribution in [0.4, 0.5) is 0 Å². The largest absolute Gasteiger partial charge is 0.504 e. The number of sulfonamides is 1. The van der Waals surface area contributed by atoms with E-state index in [-0.39, 0.29) is 17.1 Å². The lowest BCUT2D eigenvalue weighted by molar-refractivity contribution is 0.203. The first-order valence-electron chi connectivity index (χ1n) is 13.5. The average Bonchev–Trinajstić information content (AvgIpc) is 2.90. The van der Waals surface area contributed by atoms with Gasteiger partial charge in [0.2, 0.25) is 10.0 Å². The van der Waals surface area contributed by atoms with E-state index < -0.39 is 10.0 Å². The number of aromatic hydroxyl groups is 1. The van der Waals surface area contributed by atoms with E-state index in [0.29, 0.717) is 35.2 Å². The number of hydrogen-bond acceptors (Lipinski definition) is 6. The number of nitrogens with one attached hydrogen (secondary N) is 1. The molecule has 3 aromatic rings. The third kappa shape index (κ3) is 6.93. The number of methoxy groups -OCH3 is 1. The van der Waals surface area contributed by atoms with Crippen LogP contribution in [0.15, 0.2) is 65.6 Å². The second-order valence-corrected chi connectivity index (χ2v) is 12.8. The van der Waals surface area contributed by atoms with Crippen molar-refractivity contribution in [2.24, 2.45) is 0 Å². The van der Waals surface area contributed by atoms with Crippen LogP contribution in [0, 0.1) is 0 Å². The van der Waals surface area contributed by atoms with E-state index in [1.807, 2.05) is 36.4 Å². The molecule has 39 heavy (non-hydrogen) atoms. The summed E-state index contributed by atoms with van der Waals surface area (Å²) in [5, 5.41) is 10.4. The van der Waals surface area contributed by atoms with Gasteiger partial charge in [0.15, 0.2) is 23.0 Å². The van der Waals surface area contributed by atoms with Crippen molar-refractivity contribution >= 4 is 10.0 Å². The number of ether oxygens (including phenoxy) is 2. The maximum absolute atomic E-state index is 13.0. The van der Waals surface area contributed by atoms with Crippen molar-refractivity contribution in [2.45, 2.75) is 63.3 Å². The summed E-state index contributed by atoms with van der Waals surface area (Å²) >= 11 is 0. The van der Waals surface area contributed by atoms with Crippen LogP contribution in [0.3, 0.4) is 0 Å². The lowest BCUT2D eigenvalue weighted by atomic mass is 9.82.